The molecule has 1 aliphatic heterocycles. The highest BCUT2D eigenvalue weighted by atomic mass is 16.5. The summed E-state index contributed by atoms with van der Waals surface area (Å²) in [6.07, 6.45) is 1.71. The molecule has 2 N–H and O–H groups in total. The third kappa shape index (κ3) is 4.54. The normalized spacial score (nSPS) is 18.0. The van der Waals surface area contributed by atoms with Crippen molar-refractivity contribution in [3.05, 3.63) is 113 Å². The fourth-order valence-electron chi connectivity index (χ4n) is 5.38. The molecular weight excluding hydrogens is 434 g/mol. The van der Waals surface area contributed by atoms with Crippen molar-refractivity contribution in [3.8, 4) is 5.75 Å². The molecule has 5 rings (SSSR count). The van der Waals surface area contributed by atoms with E-state index in [0.29, 0.717) is 12.1 Å². The van der Waals surface area contributed by atoms with Gasteiger partial charge in [-0.05, 0) is 59.4 Å². The van der Waals surface area contributed by atoms with E-state index in [1.165, 1.54) is 16.3 Å². The van der Waals surface area contributed by atoms with Gasteiger partial charge >= 0.3 is 5.97 Å². The van der Waals surface area contributed by atoms with Gasteiger partial charge in [-0.2, -0.15) is 0 Å². The number of aromatic carboxylic acids is 1. The minimum atomic E-state index is -0.887. The Balaban J connectivity index is 1.50. The maximum absolute atomic E-state index is 12.0. The molecule has 1 aliphatic rings. The van der Waals surface area contributed by atoms with Crippen LogP contribution in [0.4, 0.5) is 0 Å². The van der Waals surface area contributed by atoms with E-state index in [0.717, 1.165) is 35.3 Å². The first-order chi connectivity index (χ1) is 17.1. The van der Waals surface area contributed by atoms with Crippen molar-refractivity contribution in [3.63, 3.8) is 0 Å². The quantitative estimate of drug-likeness (QED) is 0.306. The molecule has 0 aliphatic carbocycles. The lowest BCUT2D eigenvalue weighted by Gasteiger charge is -2.34. The lowest BCUT2D eigenvalue weighted by molar-refractivity contribution is 0.0694. The highest BCUT2D eigenvalue weighted by Gasteiger charge is 2.32. The summed E-state index contributed by atoms with van der Waals surface area (Å²) < 4.78 is 6.35. The van der Waals surface area contributed by atoms with Gasteiger partial charge in [-0.3, -0.25) is 0 Å². The standard InChI is InChI=1S/C31H31NO3/c1-3-23-18-28(26-14-6-7-15-27(26)31(33)34)30-22(12-9-17-29(30)35-23)19-32-20(2)24-16-8-11-21-10-4-5-13-25(21)24/h4-17,20,23,28,32H,3,18-19H2,1-2H3,(H,33,34)/t20-,23?,28?/m1/s1. The van der Waals surface area contributed by atoms with Gasteiger partial charge in [0.05, 0.1) is 11.7 Å². The molecule has 4 nitrogen and oxygen atoms in total. The second-order valence-corrected chi connectivity index (χ2v) is 9.33. The Kier molecular flexibility index (Phi) is 6.56. The maximum atomic E-state index is 12.0. The minimum Gasteiger partial charge on any atom is -0.490 e. The van der Waals surface area contributed by atoms with Crippen molar-refractivity contribution < 1.29 is 14.6 Å². The zero-order valence-corrected chi connectivity index (χ0v) is 20.2. The monoisotopic (exact) mass is 465 g/mol. The molecule has 0 spiro atoms. The lowest BCUT2D eigenvalue weighted by Crippen LogP contribution is -2.28. The summed E-state index contributed by atoms with van der Waals surface area (Å²) in [5.41, 5.74) is 4.74. The smallest absolute Gasteiger partial charge is 0.335 e. The zero-order chi connectivity index (χ0) is 24.4. The predicted molar refractivity (Wildman–Crippen MR) is 140 cm³/mol. The molecule has 3 atom stereocenters. The average molecular weight is 466 g/mol. The summed E-state index contributed by atoms with van der Waals surface area (Å²) in [7, 11) is 0. The summed E-state index contributed by atoms with van der Waals surface area (Å²) in [4.78, 5) is 12.0. The molecule has 1 heterocycles. The van der Waals surface area contributed by atoms with Crippen LogP contribution in [-0.4, -0.2) is 17.2 Å². The minimum absolute atomic E-state index is 0.0261. The number of carboxylic acid groups (broad SMARTS) is 1. The molecule has 0 bridgehead atoms. The second kappa shape index (κ2) is 9.93. The van der Waals surface area contributed by atoms with Gasteiger partial charge in [-0.25, -0.2) is 4.79 Å². The highest BCUT2D eigenvalue weighted by Crippen LogP contribution is 2.44. The largest absolute Gasteiger partial charge is 0.490 e. The van der Waals surface area contributed by atoms with Crippen LogP contribution in [0.1, 0.15) is 71.3 Å². The first-order valence-electron chi connectivity index (χ1n) is 12.4. The van der Waals surface area contributed by atoms with Gasteiger partial charge in [0.15, 0.2) is 0 Å². The molecular formula is C31H31NO3. The van der Waals surface area contributed by atoms with Gasteiger partial charge in [0.1, 0.15) is 5.75 Å². The van der Waals surface area contributed by atoms with Crippen LogP contribution in [0.15, 0.2) is 84.9 Å². The Morgan fingerprint density at radius 1 is 1.00 bits per heavy atom. The fourth-order valence-corrected chi connectivity index (χ4v) is 5.38. The molecule has 4 heteroatoms. The van der Waals surface area contributed by atoms with E-state index >= 15 is 0 Å². The molecule has 4 aromatic carbocycles. The van der Waals surface area contributed by atoms with Crippen LogP contribution >= 0.6 is 0 Å². The van der Waals surface area contributed by atoms with E-state index in [9.17, 15) is 9.90 Å². The van der Waals surface area contributed by atoms with E-state index in [1.807, 2.05) is 24.3 Å². The van der Waals surface area contributed by atoms with E-state index in [4.69, 9.17) is 4.74 Å². The van der Waals surface area contributed by atoms with Crippen LogP contribution in [0.5, 0.6) is 5.75 Å². The number of rotatable bonds is 7. The molecule has 0 fully saturated rings. The Hall–Kier alpha value is -3.63. The van der Waals surface area contributed by atoms with Crippen LogP contribution < -0.4 is 10.1 Å². The van der Waals surface area contributed by atoms with Crippen LogP contribution in [0.2, 0.25) is 0 Å². The number of nitrogens with one attached hydrogen (secondary N) is 1. The zero-order valence-electron chi connectivity index (χ0n) is 20.2. The molecule has 0 amide bonds. The molecule has 0 saturated carbocycles. The van der Waals surface area contributed by atoms with Gasteiger partial charge in [0.2, 0.25) is 0 Å². The third-order valence-electron chi connectivity index (χ3n) is 7.21. The van der Waals surface area contributed by atoms with Crippen molar-refractivity contribution in [2.45, 2.75) is 51.3 Å². The highest BCUT2D eigenvalue weighted by molar-refractivity contribution is 5.90. The van der Waals surface area contributed by atoms with E-state index in [1.54, 1.807) is 12.1 Å². The number of fused-ring (bicyclic) bond motifs is 2. The topological polar surface area (TPSA) is 58.6 Å². The first-order valence-corrected chi connectivity index (χ1v) is 12.4. The number of ether oxygens (including phenoxy) is 1. The second-order valence-electron chi connectivity index (χ2n) is 9.33. The predicted octanol–water partition coefficient (Wildman–Crippen LogP) is 7.08. The van der Waals surface area contributed by atoms with Gasteiger partial charge in [0, 0.05) is 24.1 Å². The molecule has 178 valence electrons. The molecule has 0 aromatic heterocycles. The number of benzene rings is 4. The van der Waals surface area contributed by atoms with E-state index in [2.05, 4.69) is 67.7 Å². The number of carboxylic acids is 1. The summed E-state index contributed by atoms with van der Waals surface area (Å²) in [6, 6.07) is 28.6. The first kappa shape index (κ1) is 23.1. The summed E-state index contributed by atoms with van der Waals surface area (Å²) in [5, 5.41) is 16.1. The Morgan fingerprint density at radius 2 is 1.74 bits per heavy atom. The van der Waals surface area contributed by atoms with Gasteiger partial charge in [-0.15, -0.1) is 0 Å². The molecule has 0 radical (unpaired) electrons. The lowest BCUT2D eigenvalue weighted by atomic mass is 9.79. The summed E-state index contributed by atoms with van der Waals surface area (Å²) in [6.45, 7) is 4.98. The van der Waals surface area contributed by atoms with Gasteiger partial charge in [0.25, 0.3) is 0 Å². The van der Waals surface area contributed by atoms with Crippen molar-refractivity contribution in [2.24, 2.45) is 0 Å². The fraction of sp³-hybridized carbons (Fsp3) is 0.258. The third-order valence-corrected chi connectivity index (χ3v) is 7.21. The number of carbonyl (C=O) groups is 1. The molecule has 4 aromatic rings. The molecule has 0 saturated heterocycles. The SMILES string of the molecule is CCC1CC(c2ccccc2C(=O)O)c2c(CN[C@H](C)c3cccc4ccccc34)cccc2O1. The van der Waals surface area contributed by atoms with E-state index in [-0.39, 0.29) is 18.1 Å². The van der Waals surface area contributed by atoms with Gasteiger partial charge < -0.3 is 15.2 Å². The molecule has 35 heavy (non-hydrogen) atoms. The summed E-state index contributed by atoms with van der Waals surface area (Å²) in [5.74, 6) is -0.0471. The van der Waals surface area contributed by atoms with Crippen molar-refractivity contribution in [2.75, 3.05) is 0 Å². The summed E-state index contributed by atoms with van der Waals surface area (Å²) >= 11 is 0. The van der Waals surface area contributed by atoms with Gasteiger partial charge in [-0.1, -0.05) is 79.7 Å². The molecule has 2 unspecified atom stereocenters. The van der Waals surface area contributed by atoms with Crippen LogP contribution in [0.3, 0.4) is 0 Å². The van der Waals surface area contributed by atoms with Crippen LogP contribution in [0.25, 0.3) is 10.8 Å². The number of hydrogen-bond acceptors (Lipinski definition) is 3. The van der Waals surface area contributed by atoms with Crippen LogP contribution in [0, 0.1) is 0 Å². The Morgan fingerprint density at radius 3 is 2.57 bits per heavy atom. The maximum Gasteiger partial charge on any atom is 0.335 e. The van der Waals surface area contributed by atoms with E-state index < -0.39 is 5.97 Å². The van der Waals surface area contributed by atoms with Crippen molar-refractivity contribution in [1.82, 2.24) is 5.32 Å². The Bertz CT molecular complexity index is 1360. The van der Waals surface area contributed by atoms with Crippen molar-refractivity contribution in [1.29, 1.82) is 0 Å². The number of hydrogen-bond donors (Lipinski definition) is 2. The van der Waals surface area contributed by atoms with Crippen molar-refractivity contribution >= 4 is 16.7 Å². The van der Waals surface area contributed by atoms with Crippen LogP contribution in [-0.2, 0) is 6.54 Å². The Labute approximate surface area is 206 Å². The average Bonchev–Trinajstić information content (AvgIpc) is 2.90.